The van der Waals surface area contributed by atoms with Crippen LogP contribution in [0, 0.1) is 0 Å². The van der Waals surface area contributed by atoms with E-state index in [2.05, 4.69) is 20.5 Å². The van der Waals surface area contributed by atoms with E-state index >= 15 is 0 Å². The summed E-state index contributed by atoms with van der Waals surface area (Å²) in [5.74, 6) is 1.21. The van der Waals surface area contributed by atoms with Crippen LogP contribution in [0.2, 0.25) is 0 Å². The van der Waals surface area contributed by atoms with Crippen molar-refractivity contribution in [3.8, 4) is 11.5 Å². The number of nitrogens with zero attached hydrogens (tertiary/aromatic N) is 3. The number of ether oxygens (including phenoxy) is 1. The standard InChI is InChI=1S/C29H28F3N5O2/c1-36-13-15-37(16-14-36)19-21-4-5-23(18-26(21)29(30,31)32)35-28(38)34-22-6-8-24(9-7-22)39-25-10-11-27-20(17-25)3-2-12-33-27/h2-12,17-18H,13-16,19H2,1H3,(H2,34,35,38). The molecular weight excluding hydrogens is 507 g/mol. The number of aromatic nitrogens is 1. The molecule has 39 heavy (non-hydrogen) atoms. The third-order valence-corrected chi connectivity index (χ3v) is 6.59. The number of fused-ring (bicyclic) bond motifs is 1. The molecule has 7 nitrogen and oxygen atoms in total. The molecule has 0 aliphatic carbocycles. The van der Waals surface area contributed by atoms with E-state index in [-0.39, 0.29) is 17.8 Å². The molecule has 4 aromatic rings. The van der Waals surface area contributed by atoms with Gasteiger partial charge in [-0.1, -0.05) is 12.1 Å². The SMILES string of the molecule is CN1CCN(Cc2ccc(NC(=O)Nc3ccc(Oc4ccc5ncccc5c4)cc3)cc2C(F)(F)F)CC1. The maximum atomic E-state index is 13.8. The zero-order valence-electron chi connectivity index (χ0n) is 21.3. The summed E-state index contributed by atoms with van der Waals surface area (Å²) in [5.41, 5.74) is 0.835. The van der Waals surface area contributed by atoms with Crippen molar-refractivity contribution >= 4 is 28.3 Å². The summed E-state index contributed by atoms with van der Waals surface area (Å²) in [6.45, 7) is 3.25. The first-order valence-corrected chi connectivity index (χ1v) is 12.5. The first kappa shape index (κ1) is 26.5. The lowest BCUT2D eigenvalue weighted by Crippen LogP contribution is -2.44. The van der Waals surface area contributed by atoms with E-state index in [4.69, 9.17) is 4.74 Å². The van der Waals surface area contributed by atoms with Crippen molar-refractivity contribution < 1.29 is 22.7 Å². The number of hydrogen-bond acceptors (Lipinski definition) is 5. The molecular formula is C29H28F3N5O2. The van der Waals surface area contributed by atoms with Crippen LogP contribution in [0.5, 0.6) is 11.5 Å². The minimum atomic E-state index is -4.53. The molecule has 2 heterocycles. The number of anilines is 2. The molecule has 5 rings (SSSR count). The van der Waals surface area contributed by atoms with Gasteiger partial charge in [0, 0.05) is 55.7 Å². The summed E-state index contributed by atoms with van der Waals surface area (Å²) in [5, 5.41) is 6.09. The molecule has 10 heteroatoms. The number of hydrogen-bond donors (Lipinski definition) is 2. The molecule has 0 bridgehead atoms. The minimum Gasteiger partial charge on any atom is -0.457 e. The third-order valence-electron chi connectivity index (χ3n) is 6.59. The normalized spacial score (nSPS) is 14.8. The van der Waals surface area contributed by atoms with Crippen LogP contribution in [0.25, 0.3) is 10.9 Å². The number of nitrogens with one attached hydrogen (secondary N) is 2. The van der Waals surface area contributed by atoms with E-state index in [9.17, 15) is 18.0 Å². The van der Waals surface area contributed by atoms with Gasteiger partial charge >= 0.3 is 12.2 Å². The molecule has 1 aromatic heterocycles. The first-order valence-electron chi connectivity index (χ1n) is 12.5. The van der Waals surface area contributed by atoms with Gasteiger partial charge in [0.15, 0.2) is 0 Å². The highest BCUT2D eigenvalue weighted by Gasteiger charge is 2.34. The van der Waals surface area contributed by atoms with Gasteiger partial charge < -0.3 is 20.3 Å². The molecule has 1 fully saturated rings. The fraction of sp³-hybridized carbons (Fsp3) is 0.241. The van der Waals surface area contributed by atoms with Crippen LogP contribution in [0.15, 0.2) is 79.0 Å². The number of carbonyl (C=O) groups is 1. The molecule has 1 aliphatic rings. The van der Waals surface area contributed by atoms with Gasteiger partial charge in [0.05, 0.1) is 11.1 Å². The molecule has 2 amide bonds. The van der Waals surface area contributed by atoms with Crippen molar-refractivity contribution in [2.24, 2.45) is 0 Å². The Kier molecular flexibility index (Phi) is 7.67. The molecule has 0 spiro atoms. The number of halogens is 3. The maximum absolute atomic E-state index is 13.8. The Morgan fingerprint density at radius 1 is 0.897 bits per heavy atom. The zero-order chi connectivity index (χ0) is 27.4. The zero-order valence-corrected chi connectivity index (χ0v) is 21.3. The van der Waals surface area contributed by atoms with Gasteiger partial charge in [-0.2, -0.15) is 13.2 Å². The fourth-order valence-electron chi connectivity index (χ4n) is 4.46. The Hall–Kier alpha value is -4.15. The lowest BCUT2D eigenvalue weighted by atomic mass is 10.0. The summed E-state index contributed by atoms with van der Waals surface area (Å²) in [4.78, 5) is 21.0. The lowest BCUT2D eigenvalue weighted by molar-refractivity contribution is -0.138. The Morgan fingerprint density at radius 2 is 1.59 bits per heavy atom. The number of carbonyl (C=O) groups excluding carboxylic acids is 1. The van der Waals surface area contributed by atoms with Crippen LogP contribution >= 0.6 is 0 Å². The van der Waals surface area contributed by atoms with Crippen molar-refractivity contribution in [1.29, 1.82) is 0 Å². The summed E-state index contributed by atoms with van der Waals surface area (Å²) < 4.78 is 47.4. The Balaban J connectivity index is 1.20. The molecule has 1 aliphatic heterocycles. The second kappa shape index (κ2) is 11.3. The van der Waals surface area contributed by atoms with Crippen molar-refractivity contribution in [3.63, 3.8) is 0 Å². The van der Waals surface area contributed by atoms with Crippen molar-refractivity contribution in [2.45, 2.75) is 12.7 Å². The molecule has 3 aromatic carbocycles. The molecule has 2 N–H and O–H groups in total. The summed E-state index contributed by atoms with van der Waals surface area (Å²) >= 11 is 0. The lowest BCUT2D eigenvalue weighted by Gasteiger charge is -2.33. The Morgan fingerprint density at radius 3 is 2.33 bits per heavy atom. The number of benzene rings is 3. The van der Waals surface area contributed by atoms with Gasteiger partial charge in [0.25, 0.3) is 0 Å². The number of alkyl halides is 3. The van der Waals surface area contributed by atoms with E-state index in [1.807, 2.05) is 42.3 Å². The highest BCUT2D eigenvalue weighted by atomic mass is 19.4. The summed E-state index contributed by atoms with van der Waals surface area (Å²) in [6.07, 6.45) is -2.81. The van der Waals surface area contributed by atoms with Gasteiger partial charge in [0.2, 0.25) is 0 Å². The van der Waals surface area contributed by atoms with E-state index in [1.165, 1.54) is 12.1 Å². The third kappa shape index (κ3) is 6.84. The highest BCUT2D eigenvalue weighted by molar-refractivity contribution is 5.99. The van der Waals surface area contributed by atoms with Crippen LogP contribution in [-0.2, 0) is 12.7 Å². The van der Waals surface area contributed by atoms with Crippen LogP contribution in [0.1, 0.15) is 11.1 Å². The molecule has 0 radical (unpaired) electrons. The van der Waals surface area contributed by atoms with Gasteiger partial charge in [0.1, 0.15) is 11.5 Å². The average Bonchev–Trinajstić information content (AvgIpc) is 2.91. The van der Waals surface area contributed by atoms with Gasteiger partial charge in [-0.05, 0) is 73.3 Å². The van der Waals surface area contributed by atoms with Gasteiger partial charge in [-0.25, -0.2) is 4.79 Å². The molecule has 202 valence electrons. The van der Waals surface area contributed by atoms with E-state index in [0.717, 1.165) is 30.1 Å². The van der Waals surface area contributed by atoms with Crippen LogP contribution < -0.4 is 15.4 Å². The van der Waals surface area contributed by atoms with Gasteiger partial charge in [-0.3, -0.25) is 9.88 Å². The smallest absolute Gasteiger partial charge is 0.416 e. The number of rotatable bonds is 6. The number of amides is 2. The van der Waals surface area contributed by atoms with Crippen LogP contribution in [-0.4, -0.2) is 54.0 Å². The monoisotopic (exact) mass is 535 g/mol. The van der Waals surface area contributed by atoms with Crippen LogP contribution in [0.4, 0.5) is 29.3 Å². The van der Waals surface area contributed by atoms with Crippen LogP contribution in [0.3, 0.4) is 0 Å². The van der Waals surface area contributed by atoms with E-state index in [0.29, 0.717) is 30.3 Å². The topological polar surface area (TPSA) is 69.7 Å². The molecule has 0 saturated carbocycles. The minimum absolute atomic E-state index is 0.0627. The second-order valence-corrected chi connectivity index (χ2v) is 9.51. The molecule has 0 unspecified atom stereocenters. The Labute approximate surface area is 224 Å². The number of piperazine rings is 1. The highest BCUT2D eigenvalue weighted by Crippen LogP contribution is 2.35. The first-order chi connectivity index (χ1) is 18.7. The second-order valence-electron chi connectivity index (χ2n) is 9.51. The quantitative estimate of drug-likeness (QED) is 0.298. The average molecular weight is 536 g/mol. The van der Waals surface area contributed by atoms with Crippen molar-refractivity contribution in [1.82, 2.24) is 14.8 Å². The number of urea groups is 1. The maximum Gasteiger partial charge on any atom is 0.416 e. The van der Waals surface area contributed by atoms with Crippen molar-refractivity contribution in [2.75, 3.05) is 43.9 Å². The predicted molar refractivity (Wildman–Crippen MR) is 145 cm³/mol. The van der Waals surface area contributed by atoms with E-state index < -0.39 is 17.8 Å². The largest absolute Gasteiger partial charge is 0.457 e. The number of likely N-dealkylation sites (N-methyl/N-ethyl adjacent to an activating group) is 1. The predicted octanol–water partition coefficient (Wildman–Crippen LogP) is 6.44. The molecule has 1 saturated heterocycles. The summed E-state index contributed by atoms with van der Waals surface area (Å²) in [7, 11) is 2.00. The molecule has 0 atom stereocenters. The summed E-state index contributed by atoms with van der Waals surface area (Å²) in [6, 6.07) is 19.3. The Bertz CT molecular complexity index is 1450. The van der Waals surface area contributed by atoms with Crippen molar-refractivity contribution in [3.05, 3.63) is 90.1 Å². The van der Waals surface area contributed by atoms with Gasteiger partial charge in [-0.15, -0.1) is 0 Å². The van der Waals surface area contributed by atoms with E-state index in [1.54, 1.807) is 30.5 Å². The number of pyridine rings is 1. The fourth-order valence-corrected chi connectivity index (χ4v) is 4.46.